The van der Waals surface area contributed by atoms with Crippen LogP contribution < -0.4 is 19.5 Å². The summed E-state index contributed by atoms with van der Waals surface area (Å²) < 4.78 is 18.6. The molecule has 0 unspecified atom stereocenters. The number of ether oxygens (including phenoxy) is 3. The fourth-order valence-electron chi connectivity index (χ4n) is 3.24. The average molecular weight is 387 g/mol. The number of amides is 1. The van der Waals surface area contributed by atoms with Crippen LogP contribution in [0.5, 0.6) is 23.1 Å². The first-order valence-corrected chi connectivity index (χ1v) is 9.06. The number of hydrogen-bond donors (Lipinski definition) is 1. The van der Waals surface area contributed by atoms with Crippen molar-refractivity contribution in [3.8, 4) is 23.1 Å². The molecule has 7 heteroatoms. The molecule has 2 aromatic carbocycles. The van der Waals surface area contributed by atoms with Gasteiger partial charge in [0.2, 0.25) is 12.7 Å². The monoisotopic (exact) mass is 387 g/mol. The highest BCUT2D eigenvalue weighted by Gasteiger charge is 2.16. The van der Waals surface area contributed by atoms with Crippen molar-refractivity contribution in [1.82, 2.24) is 9.55 Å². The Kier molecular flexibility index (Phi) is 4.05. The molecule has 7 nitrogen and oxygen atoms in total. The van der Waals surface area contributed by atoms with Crippen LogP contribution in [-0.4, -0.2) is 22.3 Å². The Hall–Kier alpha value is -4.00. The van der Waals surface area contributed by atoms with E-state index in [0.717, 1.165) is 10.9 Å². The molecule has 29 heavy (non-hydrogen) atoms. The molecule has 0 radical (unpaired) electrons. The molecule has 5 rings (SSSR count). The number of anilines is 1. The van der Waals surface area contributed by atoms with E-state index in [1.807, 2.05) is 36.0 Å². The Labute approximate surface area is 166 Å². The van der Waals surface area contributed by atoms with Gasteiger partial charge >= 0.3 is 0 Å². The third kappa shape index (κ3) is 3.23. The molecule has 0 saturated carbocycles. The second-order valence-electron chi connectivity index (χ2n) is 6.63. The van der Waals surface area contributed by atoms with E-state index in [-0.39, 0.29) is 12.7 Å². The maximum atomic E-state index is 12.8. The molecular formula is C22H17N3O4. The Morgan fingerprint density at radius 1 is 1.10 bits per heavy atom. The number of nitrogens with zero attached hydrogens (tertiary/aromatic N) is 2. The molecule has 0 spiro atoms. The third-order valence-electron chi connectivity index (χ3n) is 4.73. The van der Waals surface area contributed by atoms with E-state index >= 15 is 0 Å². The maximum absolute atomic E-state index is 12.8. The summed E-state index contributed by atoms with van der Waals surface area (Å²) in [4.78, 5) is 17.0. The summed E-state index contributed by atoms with van der Waals surface area (Å²) in [7, 11) is 1.97. The van der Waals surface area contributed by atoms with Gasteiger partial charge in [0.05, 0.1) is 0 Å². The van der Waals surface area contributed by atoms with E-state index in [4.69, 9.17) is 14.2 Å². The van der Waals surface area contributed by atoms with Crippen LogP contribution >= 0.6 is 0 Å². The second-order valence-corrected chi connectivity index (χ2v) is 6.63. The van der Waals surface area contributed by atoms with Gasteiger partial charge in [0.25, 0.3) is 5.91 Å². The van der Waals surface area contributed by atoms with Gasteiger partial charge in [0.1, 0.15) is 11.4 Å². The summed E-state index contributed by atoms with van der Waals surface area (Å²) >= 11 is 0. The number of carbonyl (C=O) groups excluding carboxylic acids is 1. The highest BCUT2D eigenvalue weighted by atomic mass is 16.7. The molecule has 1 N–H and O–H groups in total. The standard InChI is InChI=1S/C22H17N3O4/c1-25-10-8-14-11-15(4-6-18(14)25)21(26)24-17-3-2-9-23-22(17)29-16-5-7-19-20(12-16)28-13-27-19/h2-12H,13H2,1H3,(H,24,26). The van der Waals surface area contributed by atoms with Gasteiger partial charge in [-0.15, -0.1) is 0 Å². The average Bonchev–Trinajstić information content (AvgIpc) is 3.35. The van der Waals surface area contributed by atoms with Crippen LogP contribution in [0.4, 0.5) is 5.69 Å². The first-order chi connectivity index (χ1) is 14.2. The molecule has 0 fully saturated rings. The van der Waals surface area contributed by atoms with Crippen LogP contribution in [0.25, 0.3) is 10.9 Å². The maximum Gasteiger partial charge on any atom is 0.255 e. The molecule has 4 aromatic rings. The molecule has 0 aliphatic carbocycles. The number of hydrogen-bond acceptors (Lipinski definition) is 5. The lowest BCUT2D eigenvalue weighted by atomic mass is 10.1. The molecule has 2 aromatic heterocycles. The SMILES string of the molecule is Cn1ccc2cc(C(=O)Nc3cccnc3Oc3ccc4c(c3)OCO4)ccc21. The Morgan fingerprint density at radius 3 is 2.93 bits per heavy atom. The van der Waals surface area contributed by atoms with Gasteiger partial charge < -0.3 is 24.1 Å². The number of carbonyl (C=O) groups is 1. The summed E-state index contributed by atoms with van der Waals surface area (Å²) in [6, 6.07) is 16.3. The Morgan fingerprint density at radius 2 is 2.00 bits per heavy atom. The highest BCUT2D eigenvalue weighted by Crippen LogP contribution is 2.37. The lowest BCUT2D eigenvalue weighted by Crippen LogP contribution is -2.12. The van der Waals surface area contributed by atoms with Gasteiger partial charge in [-0.05, 0) is 48.5 Å². The zero-order valence-electron chi connectivity index (χ0n) is 15.6. The summed E-state index contributed by atoms with van der Waals surface area (Å²) in [6.07, 6.45) is 3.57. The lowest BCUT2D eigenvalue weighted by molar-refractivity contribution is 0.102. The molecule has 1 aliphatic rings. The number of benzene rings is 2. The minimum Gasteiger partial charge on any atom is -0.454 e. The first kappa shape index (κ1) is 17.1. The fraction of sp³-hybridized carbons (Fsp3) is 0.0909. The minimum atomic E-state index is -0.237. The number of pyridine rings is 1. The number of aryl methyl sites for hydroxylation is 1. The van der Waals surface area contributed by atoms with Crippen molar-refractivity contribution in [2.75, 3.05) is 12.1 Å². The predicted octanol–water partition coefficient (Wildman–Crippen LogP) is 4.35. The normalized spacial score (nSPS) is 12.2. The summed E-state index contributed by atoms with van der Waals surface area (Å²) in [5.74, 6) is 1.87. The zero-order chi connectivity index (χ0) is 19.8. The zero-order valence-corrected chi connectivity index (χ0v) is 15.6. The van der Waals surface area contributed by atoms with Crippen molar-refractivity contribution in [3.63, 3.8) is 0 Å². The topological polar surface area (TPSA) is 74.6 Å². The second kappa shape index (κ2) is 6.87. The Bertz CT molecular complexity index is 1230. The number of rotatable bonds is 4. The van der Waals surface area contributed by atoms with Crippen molar-refractivity contribution >= 4 is 22.5 Å². The van der Waals surface area contributed by atoms with Crippen LogP contribution in [0.1, 0.15) is 10.4 Å². The number of nitrogens with one attached hydrogen (secondary N) is 1. The van der Waals surface area contributed by atoms with Crippen molar-refractivity contribution in [3.05, 3.63) is 72.6 Å². The van der Waals surface area contributed by atoms with E-state index in [9.17, 15) is 4.79 Å². The van der Waals surface area contributed by atoms with E-state index in [1.54, 1.807) is 42.6 Å². The molecule has 0 bridgehead atoms. The molecule has 1 aliphatic heterocycles. The van der Waals surface area contributed by atoms with Crippen LogP contribution in [-0.2, 0) is 7.05 Å². The highest BCUT2D eigenvalue weighted by molar-refractivity contribution is 6.06. The Balaban J connectivity index is 1.39. The van der Waals surface area contributed by atoms with Crippen LogP contribution in [0.2, 0.25) is 0 Å². The summed E-state index contributed by atoms with van der Waals surface area (Å²) in [5, 5.41) is 3.88. The third-order valence-corrected chi connectivity index (χ3v) is 4.73. The predicted molar refractivity (Wildman–Crippen MR) is 108 cm³/mol. The van der Waals surface area contributed by atoms with Gasteiger partial charge in [0.15, 0.2) is 11.5 Å². The van der Waals surface area contributed by atoms with Crippen LogP contribution in [0.3, 0.4) is 0 Å². The molecule has 1 amide bonds. The fourth-order valence-corrected chi connectivity index (χ4v) is 3.24. The van der Waals surface area contributed by atoms with Gasteiger partial charge in [-0.2, -0.15) is 0 Å². The van der Waals surface area contributed by atoms with Gasteiger partial charge in [-0.1, -0.05) is 0 Å². The van der Waals surface area contributed by atoms with Crippen molar-refractivity contribution in [1.29, 1.82) is 0 Å². The van der Waals surface area contributed by atoms with Crippen LogP contribution in [0.15, 0.2) is 67.0 Å². The van der Waals surface area contributed by atoms with E-state index in [2.05, 4.69) is 10.3 Å². The molecule has 3 heterocycles. The molecule has 144 valence electrons. The molecule has 0 saturated heterocycles. The summed E-state index contributed by atoms with van der Waals surface area (Å²) in [5.41, 5.74) is 2.10. The largest absolute Gasteiger partial charge is 0.454 e. The quantitative estimate of drug-likeness (QED) is 0.564. The first-order valence-electron chi connectivity index (χ1n) is 9.06. The van der Waals surface area contributed by atoms with Gasteiger partial charge in [-0.3, -0.25) is 4.79 Å². The van der Waals surface area contributed by atoms with Crippen molar-refractivity contribution in [2.24, 2.45) is 7.05 Å². The number of fused-ring (bicyclic) bond motifs is 2. The van der Waals surface area contributed by atoms with Crippen molar-refractivity contribution in [2.45, 2.75) is 0 Å². The molecule has 0 atom stereocenters. The van der Waals surface area contributed by atoms with Gasteiger partial charge in [0, 0.05) is 42.0 Å². The summed E-state index contributed by atoms with van der Waals surface area (Å²) in [6.45, 7) is 0.190. The van der Waals surface area contributed by atoms with Gasteiger partial charge in [-0.25, -0.2) is 4.98 Å². The van der Waals surface area contributed by atoms with E-state index in [0.29, 0.717) is 34.4 Å². The van der Waals surface area contributed by atoms with E-state index in [1.165, 1.54) is 0 Å². The molecular weight excluding hydrogens is 370 g/mol. The smallest absolute Gasteiger partial charge is 0.255 e. The number of aromatic nitrogens is 2. The van der Waals surface area contributed by atoms with Crippen LogP contribution in [0, 0.1) is 0 Å². The minimum absolute atomic E-state index is 0.190. The van der Waals surface area contributed by atoms with E-state index < -0.39 is 0 Å². The van der Waals surface area contributed by atoms with Crippen molar-refractivity contribution < 1.29 is 19.0 Å². The lowest BCUT2D eigenvalue weighted by Gasteiger charge is -2.11.